The quantitative estimate of drug-likeness (QED) is 0.885. The Bertz CT molecular complexity index is 542. The highest BCUT2D eigenvalue weighted by atomic mass is 19.4. The van der Waals surface area contributed by atoms with Crippen LogP contribution < -0.4 is 14.8 Å². The molecule has 0 atom stereocenters. The highest BCUT2D eigenvalue weighted by molar-refractivity contribution is 6.04. The molecule has 20 heavy (non-hydrogen) atoms. The van der Waals surface area contributed by atoms with Gasteiger partial charge >= 0.3 is 18.1 Å². The Labute approximate surface area is 111 Å². The highest BCUT2D eigenvalue weighted by Gasteiger charge is 2.39. The molecular weight excluding hydrogens is 283 g/mol. The molecule has 0 radical (unpaired) electrons. The number of rotatable bonds is 4. The molecule has 9 heteroatoms. The predicted octanol–water partition coefficient (Wildman–Crippen LogP) is 1.90. The molecular formula is C11H10F3NO5. The Morgan fingerprint density at radius 3 is 2.20 bits per heavy atom. The second kappa shape index (κ2) is 5.68. The topological polar surface area (TPSA) is 84.9 Å². The third-order valence-corrected chi connectivity index (χ3v) is 2.25. The third kappa shape index (κ3) is 3.31. The van der Waals surface area contributed by atoms with Crippen molar-refractivity contribution in [1.29, 1.82) is 0 Å². The average Bonchev–Trinajstić information content (AvgIpc) is 2.35. The molecule has 0 bridgehead atoms. The van der Waals surface area contributed by atoms with E-state index in [9.17, 15) is 22.8 Å². The number of carboxylic acids is 1. The molecule has 1 aromatic carbocycles. The summed E-state index contributed by atoms with van der Waals surface area (Å²) in [6, 6.07) is 2.13. The maximum absolute atomic E-state index is 12.2. The number of carbonyl (C=O) groups is 2. The monoisotopic (exact) mass is 293 g/mol. The molecule has 0 aliphatic heterocycles. The molecule has 1 amide bonds. The summed E-state index contributed by atoms with van der Waals surface area (Å²) < 4.78 is 46.2. The fraction of sp³-hybridized carbons (Fsp3) is 0.273. The van der Waals surface area contributed by atoms with Crippen LogP contribution in [0.3, 0.4) is 0 Å². The van der Waals surface area contributed by atoms with Gasteiger partial charge in [0.25, 0.3) is 0 Å². The van der Waals surface area contributed by atoms with E-state index in [1.165, 1.54) is 18.5 Å². The van der Waals surface area contributed by atoms with Crippen LogP contribution in [0.25, 0.3) is 0 Å². The zero-order valence-electron chi connectivity index (χ0n) is 10.4. The zero-order chi connectivity index (χ0) is 15.5. The number of ether oxygens (including phenoxy) is 2. The summed E-state index contributed by atoms with van der Waals surface area (Å²) in [7, 11) is 2.36. The zero-order valence-corrected chi connectivity index (χ0v) is 10.4. The van der Waals surface area contributed by atoms with Gasteiger partial charge in [-0.15, -0.1) is 0 Å². The van der Waals surface area contributed by atoms with Gasteiger partial charge in [-0.05, 0) is 0 Å². The van der Waals surface area contributed by atoms with Gasteiger partial charge < -0.3 is 19.9 Å². The van der Waals surface area contributed by atoms with Gasteiger partial charge in [-0.3, -0.25) is 4.79 Å². The summed E-state index contributed by atoms with van der Waals surface area (Å²) in [5, 5.41) is 10.5. The van der Waals surface area contributed by atoms with E-state index in [4.69, 9.17) is 14.6 Å². The van der Waals surface area contributed by atoms with Gasteiger partial charge in [-0.1, -0.05) is 0 Å². The van der Waals surface area contributed by atoms with Crippen molar-refractivity contribution in [3.8, 4) is 11.5 Å². The molecule has 0 aliphatic rings. The Hall–Kier alpha value is -2.45. The van der Waals surface area contributed by atoms with Gasteiger partial charge in [-0.25, -0.2) is 4.79 Å². The smallest absolute Gasteiger partial charge is 0.471 e. The number of hydrogen-bond donors (Lipinski definition) is 2. The van der Waals surface area contributed by atoms with Crippen LogP contribution in [-0.2, 0) is 4.79 Å². The normalized spacial score (nSPS) is 10.8. The first-order chi connectivity index (χ1) is 9.20. The maximum Gasteiger partial charge on any atom is 0.471 e. The van der Waals surface area contributed by atoms with E-state index in [2.05, 4.69) is 0 Å². The number of halogens is 3. The minimum atomic E-state index is -5.15. The minimum absolute atomic E-state index is 0.0318. The van der Waals surface area contributed by atoms with Crippen LogP contribution in [0.15, 0.2) is 12.1 Å². The number of anilines is 1. The van der Waals surface area contributed by atoms with Crippen LogP contribution in [-0.4, -0.2) is 37.4 Å². The minimum Gasteiger partial charge on any atom is -0.497 e. The standard InChI is InChI=1S/C11H10F3NO5/c1-19-5-3-6(15-10(18)11(12,13)14)8(9(16)17)7(4-5)20-2/h3-4H,1-2H3,(H,15,18)(H,16,17). The summed E-state index contributed by atoms with van der Waals surface area (Å²) in [5.74, 6) is -4.06. The first kappa shape index (κ1) is 15.6. The van der Waals surface area contributed by atoms with E-state index >= 15 is 0 Å². The molecule has 0 saturated carbocycles. The second-order valence-electron chi connectivity index (χ2n) is 3.51. The second-order valence-corrected chi connectivity index (χ2v) is 3.51. The number of carbonyl (C=O) groups excluding carboxylic acids is 1. The first-order valence-electron chi connectivity index (χ1n) is 5.08. The lowest BCUT2D eigenvalue weighted by atomic mass is 10.1. The Morgan fingerprint density at radius 2 is 1.80 bits per heavy atom. The van der Waals surface area contributed by atoms with Crippen molar-refractivity contribution in [3.63, 3.8) is 0 Å². The molecule has 0 fully saturated rings. The van der Waals surface area contributed by atoms with Gasteiger partial charge in [0, 0.05) is 12.1 Å². The molecule has 0 spiro atoms. The van der Waals surface area contributed by atoms with Crippen molar-refractivity contribution >= 4 is 17.6 Å². The number of methoxy groups -OCH3 is 2. The fourth-order valence-electron chi connectivity index (χ4n) is 1.38. The highest BCUT2D eigenvalue weighted by Crippen LogP contribution is 2.33. The summed E-state index contributed by atoms with van der Waals surface area (Å²) in [4.78, 5) is 22.0. The van der Waals surface area contributed by atoms with Gasteiger partial charge in [0.05, 0.1) is 19.9 Å². The predicted molar refractivity (Wildman–Crippen MR) is 61.2 cm³/mol. The molecule has 0 saturated heterocycles. The van der Waals surface area contributed by atoms with Crippen LogP contribution in [0.5, 0.6) is 11.5 Å². The lowest BCUT2D eigenvalue weighted by Crippen LogP contribution is -2.30. The van der Waals surface area contributed by atoms with Gasteiger partial charge in [-0.2, -0.15) is 13.2 Å². The molecule has 0 aliphatic carbocycles. The number of benzene rings is 1. The number of carboxylic acid groups (broad SMARTS) is 1. The molecule has 1 aromatic rings. The van der Waals surface area contributed by atoms with E-state index in [-0.39, 0.29) is 11.5 Å². The van der Waals surface area contributed by atoms with Crippen LogP contribution >= 0.6 is 0 Å². The summed E-state index contributed by atoms with van der Waals surface area (Å²) >= 11 is 0. The Morgan fingerprint density at radius 1 is 1.20 bits per heavy atom. The maximum atomic E-state index is 12.2. The number of aromatic carboxylic acids is 1. The largest absolute Gasteiger partial charge is 0.497 e. The van der Waals surface area contributed by atoms with Crippen LogP contribution in [0.2, 0.25) is 0 Å². The Kier molecular flexibility index (Phi) is 4.43. The number of amides is 1. The molecule has 0 heterocycles. The van der Waals surface area contributed by atoms with Gasteiger partial charge in [0.2, 0.25) is 0 Å². The van der Waals surface area contributed by atoms with Crippen molar-refractivity contribution in [2.75, 3.05) is 19.5 Å². The Balaban J connectivity index is 3.35. The number of hydrogen-bond acceptors (Lipinski definition) is 4. The summed E-state index contributed by atoms with van der Waals surface area (Å²) in [6.45, 7) is 0. The van der Waals surface area contributed by atoms with Gasteiger partial charge in [0.15, 0.2) is 0 Å². The third-order valence-electron chi connectivity index (χ3n) is 2.25. The van der Waals surface area contributed by atoms with Crippen LogP contribution in [0.1, 0.15) is 10.4 Å². The molecule has 6 nitrogen and oxygen atoms in total. The van der Waals surface area contributed by atoms with Crippen molar-refractivity contribution < 1.29 is 37.3 Å². The molecule has 0 unspecified atom stereocenters. The lowest BCUT2D eigenvalue weighted by molar-refractivity contribution is -0.167. The van der Waals surface area contributed by atoms with E-state index < -0.39 is 29.3 Å². The molecule has 2 N–H and O–H groups in total. The molecule has 110 valence electrons. The number of nitrogens with one attached hydrogen (secondary N) is 1. The molecule has 1 rings (SSSR count). The van der Waals surface area contributed by atoms with Crippen molar-refractivity contribution in [3.05, 3.63) is 17.7 Å². The van der Waals surface area contributed by atoms with Crippen molar-refractivity contribution in [2.24, 2.45) is 0 Å². The fourth-order valence-corrected chi connectivity index (χ4v) is 1.38. The summed E-state index contributed by atoms with van der Waals surface area (Å²) in [6.07, 6.45) is -5.15. The lowest BCUT2D eigenvalue weighted by Gasteiger charge is -2.14. The molecule has 0 aromatic heterocycles. The van der Waals surface area contributed by atoms with E-state index in [0.29, 0.717) is 0 Å². The van der Waals surface area contributed by atoms with Crippen molar-refractivity contribution in [1.82, 2.24) is 0 Å². The van der Waals surface area contributed by atoms with Gasteiger partial charge in [0.1, 0.15) is 17.1 Å². The first-order valence-corrected chi connectivity index (χ1v) is 5.08. The summed E-state index contributed by atoms with van der Waals surface area (Å²) in [5.41, 5.74) is -1.18. The van der Waals surface area contributed by atoms with Crippen LogP contribution in [0.4, 0.5) is 18.9 Å². The van der Waals surface area contributed by atoms with E-state index in [1.807, 2.05) is 0 Å². The van der Waals surface area contributed by atoms with Crippen molar-refractivity contribution in [2.45, 2.75) is 6.18 Å². The van der Waals surface area contributed by atoms with Crippen LogP contribution in [0, 0.1) is 0 Å². The average molecular weight is 293 g/mol. The SMILES string of the molecule is COc1cc(NC(=O)C(F)(F)F)c(C(=O)O)c(OC)c1. The number of alkyl halides is 3. The van der Waals surface area contributed by atoms with E-state index in [0.717, 1.165) is 13.2 Å². The van der Waals surface area contributed by atoms with E-state index in [1.54, 1.807) is 0 Å².